The molecular weight excluding hydrogens is 374 g/mol. The number of carbonyl (C=O) groups excluding carboxylic acids is 2. The van der Waals surface area contributed by atoms with Crippen LogP contribution in [0.1, 0.15) is 40.7 Å². The maximum Gasteiger partial charge on any atom is 0.339 e. The Hall–Kier alpha value is -2.97. The van der Waals surface area contributed by atoms with Crippen molar-refractivity contribution >= 4 is 18.1 Å². The van der Waals surface area contributed by atoms with E-state index in [1.807, 2.05) is 36.6 Å². The zero-order chi connectivity index (χ0) is 21.0. The van der Waals surface area contributed by atoms with Gasteiger partial charge in [-0.15, -0.1) is 0 Å². The SMILES string of the molecule is COC(=O)c1ccccc1-n1c(C)cc(/C=N\NC(=O)CC2(C)OCCO2)c1C. The number of amides is 1. The average Bonchev–Trinajstić information content (AvgIpc) is 3.24. The Labute approximate surface area is 169 Å². The Morgan fingerprint density at radius 2 is 1.97 bits per heavy atom. The first-order valence-corrected chi connectivity index (χ1v) is 9.31. The summed E-state index contributed by atoms with van der Waals surface area (Å²) < 4.78 is 17.7. The number of hydrogen-bond acceptors (Lipinski definition) is 6. The molecule has 1 aliphatic heterocycles. The molecule has 0 atom stereocenters. The number of nitrogens with zero attached hydrogens (tertiary/aromatic N) is 2. The summed E-state index contributed by atoms with van der Waals surface area (Å²) in [5.74, 6) is -1.59. The van der Waals surface area contributed by atoms with Crippen LogP contribution in [0.15, 0.2) is 35.4 Å². The maximum atomic E-state index is 12.1. The fraction of sp³-hybridized carbons (Fsp3) is 0.381. The van der Waals surface area contributed by atoms with Crippen molar-refractivity contribution in [3.8, 4) is 5.69 Å². The number of nitrogens with one attached hydrogen (secondary N) is 1. The Kier molecular flexibility index (Phi) is 6.14. The van der Waals surface area contributed by atoms with Crippen molar-refractivity contribution in [1.82, 2.24) is 9.99 Å². The lowest BCUT2D eigenvalue weighted by atomic mass is 10.1. The number of aromatic nitrogens is 1. The van der Waals surface area contributed by atoms with Crippen LogP contribution in [-0.4, -0.2) is 48.8 Å². The first-order valence-electron chi connectivity index (χ1n) is 9.31. The third-order valence-corrected chi connectivity index (χ3v) is 4.79. The molecule has 8 heteroatoms. The van der Waals surface area contributed by atoms with Gasteiger partial charge in [0.1, 0.15) is 0 Å². The molecule has 0 saturated carbocycles. The molecule has 3 rings (SSSR count). The number of hydrazone groups is 1. The first kappa shape index (κ1) is 20.8. The largest absolute Gasteiger partial charge is 0.465 e. The summed E-state index contributed by atoms with van der Waals surface area (Å²) in [7, 11) is 1.36. The predicted molar refractivity (Wildman–Crippen MR) is 107 cm³/mol. The highest BCUT2D eigenvalue weighted by atomic mass is 16.7. The lowest BCUT2D eigenvalue weighted by molar-refractivity contribution is -0.159. The highest BCUT2D eigenvalue weighted by Gasteiger charge is 2.33. The molecule has 0 aliphatic carbocycles. The minimum absolute atomic E-state index is 0.0653. The number of aryl methyl sites for hydroxylation is 1. The number of carbonyl (C=O) groups is 2. The lowest BCUT2D eigenvalue weighted by Crippen LogP contribution is -2.33. The second-order valence-electron chi connectivity index (χ2n) is 6.97. The highest BCUT2D eigenvalue weighted by molar-refractivity contribution is 5.94. The molecule has 154 valence electrons. The van der Waals surface area contributed by atoms with Crippen LogP contribution < -0.4 is 5.43 Å². The molecule has 2 aromatic rings. The third kappa shape index (κ3) is 4.55. The van der Waals surface area contributed by atoms with Gasteiger partial charge in [0.25, 0.3) is 0 Å². The summed E-state index contributed by atoms with van der Waals surface area (Å²) in [6, 6.07) is 9.17. The van der Waals surface area contributed by atoms with Crippen molar-refractivity contribution in [2.75, 3.05) is 20.3 Å². The van der Waals surface area contributed by atoms with Crippen molar-refractivity contribution in [1.29, 1.82) is 0 Å². The minimum Gasteiger partial charge on any atom is -0.465 e. The second-order valence-corrected chi connectivity index (χ2v) is 6.97. The van der Waals surface area contributed by atoms with Gasteiger partial charge < -0.3 is 18.8 Å². The Balaban J connectivity index is 1.77. The Bertz CT molecular complexity index is 942. The van der Waals surface area contributed by atoms with Crippen LogP contribution >= 0.6 is 0 Å². The summed E-state index contributed by atoms with van der Waals surface area (Å²) >= 11 is 0. The van der Waals surface area contributed by atoms with Gasteiger partial charge >= 0.3 is 5.97 Å². The molecule has 0 spiro atoms. The normalized spacial score (nSPS) is 15.6. The number of para-hydroxylation sites is 1. The van der Waals surface area contributed by atoms with E-state index in [0.717, 1.165) is 22.6 Å². The molecule has 1 aromatic carbocycles. The molecule has 1 aliphatic rings. The van der Waals surface area contributed by atoms with E-state index in [9.17, 15) is 9.59 Å². The quantitative estimate of drug-likeness (QED) is 0.458. The Morgan fingerprint density at radius 1 is 1.28 bits per heavy atom. The first-order chi connectivity index (χ1) is 13.8. The summed E-state index contributed by atoms with van der Waals surface area (Å²) in [5.41, 5.74) is 6.32. The standard InChI is InChI=1S/C21H25N3O5/c1-14-11-16(13-22-23-19(25)12-21(3)28-9-10-29-21)15(2)24(14)18-8-6-5-7-17(18)20(26)27-4/h5-8,11,13H,9-10,12H2,1-4H3,(H,23,25)/b22-13-. The van der Waals surface area contributed by atoms with E-state index in [4.69, 9.17) is 14.2 Å². The number of rotatable bonds is 6. The number of hydrogen-bond donors (Lipinski definition) is 1. The topological polar surface area (TPSA) is 91.2 Å². The van der Waals surface area contributed by atoms with Gasteiger partial charge in [0.2, 0.25) is 5.91 Å². The molecule has 29 heavy (non-hydrogen) atoms. The van der Waals surface area contributed by atoms with E-state index in [1.165, 1.54) is 7.11 Å². The van der Waals surface area contributed by atoms with Gasteiger partial charge in [-0.25, -0.2) is 10.2 Å². The monoisotopic (exact) mass is 399 g/mol. The predicted octanol–water partition coefficient (Wildman–Crippen LogP) is 2.48. The molecule has 8 nitrogen and oxygen atoms in total. The van der Waals surface area contributed by atoms with E-state index in [2.05, 4.69) is 10.5 Å². The van der Waals surface area contributed by atoms with Crippen molar-refractivity contribution in [3.63, 3.8) is 0 Å². The summed E-state index contributed by atoms with van der Waals surface area (Å²) in [6.45, 7) is 6.55. The fourth-order valence-corrected chi connectivity index (χ4v) is 3.40. The van der Waals surface area contributed by atoms with Crippen LogP contribution in [0.4, 0.5) is 0 Å². The van der Waals surface area contributed by atoms with Gasteiger partial charge in [0.15, 0.2) is 5.79 Å². The van der Waals surface area contributed by atoms with Crippen LogP contribution in [0.25, 0.3) is 5.69 Å². The smallest absolute Gasteiger partial charge is 0.339 e. The van der Waals surface area contributed by atoms with Crippen LogP contribution in [0.3, 0.4) is 0 Å². The third-order valence-electron chi connectivity index (χ3n) is 4.79. The minimum atomic E-state index is -0.896. The number of ether oxygens (including phenoxy) is 3. The molecule has 1 saturated heterocycles. The van der Waals surface area contributed by atoms with Gasteiger partial charge in [0.05, 0.1) is 44.2 Å². The second kappa shape index (κ2) is 8.59. The van der Waals surface area contributed by atoms with Gasteiger partial charge in [-0.3, -0.25) is 4.79 Å². The van der Waals surface area contributed by atoms with Crippen LogP contribution in [0.5, 0.6) is 0 Å². The van der Waals surface area contributed by atoms with Gasteiger partial charge in [-0.1, -0.05) is 12.1 Å². The van der Waals surface area contributed by atoms with Gasteiger partial charge in [-0.05, 0) is 39.0 Å². The number of esters is 1. The summed E-state index contributed by atoms with van der Waals surface area (Å²) in [4.78, 5) is 24.2. The summed E-state index contributed by atoms with van der Waals surface area (Å²) in [5, 5.41) is 4.06. The molecule has 2 heterocycles. The Morgan fingerprint density at radius 3 is 2.66 bits per heavy atom. The highest BCUT2D eigenvalue weighted by Crippen LogP contribution is 2.24. The van der Waals surface area contributed by atoms with Crippen LogP contribution in [0.2, 0.25) is 0 Å². The van der Waals surface area contributed by atoms with E-state index in [-0.39, 0.29) is 12.3 Å². The molecule has 0 radical (unpaired) electrons. The molecule has 0 bridgehead atoms. The summed E-state index contributed by atoms with van der Waals surface area (Å²) in [6.07, 6.45) is 1.64. The fourth-order valence-electron chi connectivity index (χ4n) is 3.40. The van der Waals surface area contributed by atoms with E-state index < -0.39 is 11.8 Å². The molecule has 1 amide bonds. The number of methoxy groups -OCH3 is 1. The van der Waals surface area contributed by atoms with Crippen molar-refractivity contribution in [2.45, 2.75) is 33.0 Å². The van der Waals surface area contributed by atoms with Crippen LogP contribution in [0, 0.1) is 13.8 Å². The molecule has 1 aromatic heterocycles. The van der Waals surface area contributed by atoms with Gasteiger partial charge in [-0.2, -0.15) is 5.10 Å². The maximum absolute atomic E-state index is 12.1. The van der Waals surface area contributed by atoms with Crippen molar-refractivity contribution in [3.05, 3.63) is 52.8 Å². The lowest BCUT2D eigenvalue weighted by Gasteiger charge is -2.20. The van der Waals surface area contributed by atoms with E-state index in [1.54, 1.807) is 25.3 Å². The molecule has 1 N–H and O–H groups in total. The van der Waals surface area contributed by atoms with Crippen molar-refractivity contribution in [2.24, 2.45) is 5.10 Å². The van der Waals surface area contributed by atoms with Crippen molar-refractivity contribution < 1.29 is 23.8 Å². The van der Waals surface area contributed by atoms with Crippen LogP contribution in [-0.2, 0) is 19.0 Å². The molecule has 0 unspecified atom stereocenters. The zero-order valence-corrected chi connectivity index (χ0v) is 17.0. The number of benzene rings is 1. The van der Waals surface area contributed by atoms with E-state index in [0.29, 0.717) is 18.8 Å². The van der Waals surface area contributed by atoms with E-state index >= 15 is 0 Å². The average molecular weight is 399 g/mol. The van der Waals surface area contributed by atoms with Gasteiger partial charge in [0, 0.05) is 17.0 Å². The molecular formula is C21H25N3O5. The zero-order valence-electron chi connectivity index (χ0n) is 17.0. The molecule has 1 fully saturated rings.